The van der Waals surface area contributed by atoms with Gasteiger partial charge in [0.25, 0.3) is 5.91 Å². The van der Waals surface area contributed by atoms with Gasteiger partial charge in [-0.1, -0.05) is 54.6 Å². The summed E-state index contributed by atoms with van der Waals surface area (Å²) >= 11 is 6.93. The van der Waals surface area contributed by atoms with Crippen molar-refractivity contribution in [2.45, 2.75) is 6.61 Å². The maximum absolute atomic E-state index is 12.3. The van der Waals surface area contributed by atoms with Crippen LogP contribution in [0.2, 0.25) is 0 Å². The molecule has 0 spiro atoms. The molecule has 1 amide bonds. The largest absolute Gasteiger partial charge is 0.493 e. The van der Waals surface area contributed by atoms with E-state index in [2.05, 4.69) is 66.7 Å². The van der Waals surface area contributed by atoms with Crippen molar-refractivity contribution in [3.8, 4) is 11.5 Å². The van der Waals surface area contributed by atoms with Crippen LogP contribution in [0.5, 0.6) is 11.5 Å². The van der Waals surface area contributed by atoms with E-state index in [4.69, 9.17) is 9.47 Å². The van der Waals surface area contributed by atoms with Gasteiger partial charge in [-0.05, 0) is 78.0 Å². The van der Waals surface area contributed by atoms with Gasteiger partial charge in [-0.3, -0.25) is 4.79 Å². The zero-order chi connectivity index (χ0) is 23.2. The zero-order valence-corrected chi connectivity index (χ0v) is 20.9. The first-order chi connectivity index (χ1) is 16.1. The number of benzene rings is 4. The van der Waals surface area contributed by atoms with Gasteiger partial charge in [-0.15, -0.1) is 0 Å². The minimum absolute atomic E-state index is 0.306. The van der Waals surface area contributed by atoms with Crippen LogP contribution in [0.25, 0.3) is 10.8 Å². The number of nitrogens with one attached hydrogen (secondary N) is 1. The molecule has 0 aliphatic heterocycles. The van der Waals surface area contributed by atoms with Gasteiger partial charge in [0.1, 0.15) is 6.61 Å². The summed E-state index contributed by atoms with van der Waals surface area (Å²) < 4.78 is 13.1. The number of carbonyl (C=O) groups is 1. The molecule has 4 aromatic rings. The molecule has 0 saturated carbocycles. The molecule has 4 rings (SSSR count). The molecule has 0 aliphatic rings. The smallest absolute Gasteiger partial charge is 0.272 e. The molecule has 5 nitrogen and oxygen atoms in total. The number of fused-ring (bicyclic) bond motifs is 1. The van der Waals surface area contributed by atoms with E-state index >= 15 is 0 Å². The van der Waals surface area contributed by atoms with Crippen molar-refractivity contribution < 1.29 is 14.3 Å². The van der Waals surface area contributed by atoms with Crippen molar-refractivity contribution in [3.05, 3.63) is 104 Å². The third-order valence-electron chi connectivity index (χ3n) is 5.00. The van der Waals surface area contributed by atoms with E-state index in [9.17, 15) is 4.79 Å². The third kappa shape index (κ3) is 5.43. The Bertz CT molecular complexity index is 1330. The Kier molecular flexibility index (Phi) is 7.42. The molecule has 0 atom stereocenters. The van der Waals surface area contributed by atoms with E-state index in [0.29, 0.717) is 28.1 Å². The number of methoxy groups -OCH3 is 1. The van der Waals surface area contributed by atoms with Gasteiger partial charge in [0.15, 0.2) is 11.5 Å². The van der Waals surface area contributed by atoms with Crippen molar-refractivity contribution in [1.29, 1.82) is 0 Å². The van der Waals surface area contributed by atoms with Crippen LogP contribution in [-0.2, 0) is 6.61 Å². The summed E-state index contributed by atoms with van der Waals surface area (Å²) in [7, 11) is 1.59. The lowest BCUT2D eigenvalue weighted by atomic mass is 10.1. The fourth-order valence-electron chi connectivity index (χ4n) is 3.39. The molecule has 0 saturated heterocycles. The SMILES string of the molecule is COc1cc(/C=N\NC(=O)c2ccccc2Br)cc(Br)c1OCc1cccc2ccccc12. The summed E-state index contributed by atoms with van der Waals surface area (Å²) in [6.07, 6.45) is 1.55. The molecular weight excluding hydrogens is 548 g/mol. The lowest BCUT2D eigenvalue weighted by Crippen LogP contribution is -2.18. The molecule has 0 aliphatic carbocycles. The minimum Gasteiger partial charge on any atom is -0.493 e. The van der Waals surface area contributed by atoms with E-state index in [1.165, 1.54) is 5.39 Å². The highest BCUT2D eigenvalue weighted by molar-refractivity contribution is 9.10. The molecule has 0 radical (unpaired) electrons. The molecular formula is C26H20Br2N2O3. The summed E-state index contributed by atoms with van der Waals surface area (Å²) in [4.78, 5) is 12.3. The van der Waals surface area contributed by atoms with Crippen molar-refractivity contribution in [2.75, 3.05) is 7.11 Å². The van der Waals surface area contributed by atoms with E-state index in [1.807, 2.05) is 30.3 Å². The average molecular weight is 568 g/mol. The molecule has 0 fully saturated rings. The maximum atomic E-state index is 12.3. The van der Waals surface area contributed by atoms with Gasteiger partial charge in [0.2, 0.25) is 0 Å². The molecule has 0 heterocycles. The standard InChI is InChI=1S/C26H20Br2N2O3/c1-32-24-14-17(15-29-30-26(31)21-11-4-5-12-22(21)27)13-23(28)25(24)33-16-19-9-6-8-18-7-2-3-10-20(18)19/h2-15H,16H2,1H3,(H,30,31)/b29-15-. The van der Waals surface area contributed by atoms with E-state index in [1.54, 1.807) is 37.6 Å². The van der Waals surface area contributed by atoms with Crippen molar-refractivity contribution in [3.63, 3.8) is 0 Å². The first kappa shape index (κ1) is 23.0. The van der Waals surface area contributed by atoms with Crippen LogP contribution in [0.15, 0.2) is 92.9 Å². The first-order valence-electron chi connectivity index (χ1n) is 10.1. The maximum Gasteiger partial charge on any atom is 0.272 e. The Balaban J connectivity index is 1.49. The molecule has 1 N–H and O–H groups in total. The highest BCUT2D eigenvalue weighted by atomic mass is 79.9. The molecule has 166 valence electrons. The number of amides is 1. The molecule has 0 aromatic heterocycles. The number of rotatable bonds is 7. The Morgan fingerprint density at radius 1 is 0.970 bits per heavy atom. The van der Waals surface area contributed by atoms with Crippen molar-refractivity contribution in [2.24, 2.45) is 5.10 Å². The molecule has 33 heavy (non-hydrogen) atoms. The second-order valence-corrected chi connectivity index (χ2v) is 8.85. The number of ether oxygens (including phenoxy) is 2. The topological polar surface area (TPSA) is 59.9 Å². The Morgan fingerprint density at radius 2 is 1.73 bits per heavy atom. The molecule has 7 heteroatoms. The zero-order valence-electron chi connectivity index (χ0n) is 17.7. The number of hydrogen-bond donors (Lipinski definition) is 1. The minimum atomic E-state index is -0.306. The van der Waals surface area contributed by atoms with Crippen LogP contribution in [0, 0.1) is 0 Å². The number of halogens is 2. The van der Waals surface area contributed by atoms with Gasteiger partial charge in [-0.2, -0.15) is 5.10 Å². The number of hydrazone groups is 1. The second kappa shape index (κ2) is 10.6. The fraction of sp³-hybridized carbons (Fsp3) is 0.0769. The van der Waals surface area contributed by atoms with E-state index in [0.717, 1.165) is 21.0 Å². The molecule has 4 aromatic carbocycles. The Labute approximate surface area is 208 Å². The summed E-state index contributed by atoms with van der Waals surface area (Å²) in [5.74, 6) is 0.850. The van der Waals surface area contributed by atoms with Crippen molar-refractivity contribution in [1.82, 2.24) is 5.43 Å². The Morgan fingerprint density at radius 3 is 2.55 bits per heavy atom. The van der Waals surface area contributed by atoms with Gasteiger partial charge in [-0.25, -0.2) is 5.43 Å². The molecule has 0 bridgehead atoms. The predicted molar refractivity (Wildman–Crippen MR) is 138 cm³/mol. The number of hydrogen-bond acceptors (Lipinski definition) is 4. The summed E-state index contributed by atoms with van der Waals surface area (Å²) in [6.45, 7) is 0.395. The highest BCUT2D eigenvalue weighted by Gasteiger charge is 2.13. The Hall–Kier alpha value is -3.16. The van der Waals surface area contributed by atoms with Crippen LogP contribution in [-0.4, -0.2) is 19.2 Å². The fourth-order valence-corrected chi connectivity index (χ4v) is 4.43. The average Bonchev–Trinajstić information content (AvgIpc) is 2.83. The van der Waals surface area contributed by atoms with Gasteiger partial charge in [0, 0.05) is 4.47 Å². The quantitative estimate of drug-likeness (QED) is 0.199. The monoisotopic (exact) mass is 566 g/mol. The first-order valence-corrected chi connectivity index (χ1v) is 11.7. The lowest BCUT2D eigenvalue weighted by molar-refractivity contribution is 0.0954. The number of carbonyl (C=O) groups excluding carboxylic acids is 1. The third-order valence-corrected chi connectivity index (χ3v) is 6.28. The second-order valence-electron chi connectivity index (χ2n) is 7.14. The highest BCUT2D eigenvalue weighted by Crippen LogP contribution is 2.37. The lowest BCUT2D eigenvalue weighted by Gasteiger charge is -2.14. The van der Waals surface area contributed by atoms with Crippen LogP contribution >= 0.6 is 31.9 Å². The van der Waals surface area contributed by atoms with Gasteiger partial charge >= 0.3 is 0 Å². The predicted octanol–water partition coefficient (Wildman–Crippen LogP) is 6.72. The van der Waals surface area contributed by atoms with Crippen LogP contribution < -0.4 is 14.9 Å². The summed E-state index contributed by atoms with van der Waals surface area (Å²) in [6, 6.07) is 25.2. The van der Waals surface area contributed by atoms with Crippen molar-refractivity contribution >= 4 is 54.8 Å². The number of nitrogens with zero attached hydrogens (tertiary/aromatic N) is 1. The summed E-state index contributed by atoms with van der Waals surface area (Å²) in [5, 5.41) is 6.39. The van der Waals surface area contributed by atoms with E-state index in [-0.39, 0.29) is 5.91 Å². The summed E-state index contributed by atoms with van der Waals surface area (Å²) in [5.41, 5.74) is 4.87. The van der Waals surface area contributed by atoms with E-state index < -0.39 is 0 Å². The van der Waals surface area contributed by atoms with Crippen LogP contribution in [0.3, 0.4) is 0 Å². The molecule has 0 unspecified atom stereocenters. The van der Waals surface area contributed by atoms with Crippen LogP contribution in [0.1, 0.15) is 21.5 Å². The normalized spacial score (nSPS) is 11.0. The van der Waals surface area contributed by atoms with Gasteiger partial charge < -0.3 is 9.47 Å². The van der Waals surface area contributed by atoms with Gasteiger partial charge in [0.05, 0.1) is 23.4 Å². The van der Waals surface area contributed by atoms with Crippen LogP contribution in [0.4, 0.5) is 0 Å².